The number of nitrogens with two attached hydrogens (primary N) is 2. The number of benzene rings is 2. The normalized spacial score (nSPS) is 12.2. The maximum absolute atomic E-state index is 11.3. The first kappa shape index (κ1) is 17.4. The molecule has 3 aromatic rings. The highest BCUT2D eigenvalue weighted by atomic mass is 16.6. The fourth-order valence-corrected chi connectivity index (χ4v) is 3.07. The van der Waals surface area contributed by atoms with Gasteiger partial charge in [0.25, 0.3) is 0 Å². The second-order valence-electron chi connectivity index (χ2n) is 6.23. The molecule has 0 saturated carbocycles. The fraction of sp³-hybridized carbons (Fsp3) is 0.0952. The van der Waals surface area contributed by atoms with E-state index in [-0.39, 0.29) is 11.4 Å². The van der Waals surface area contributed by atoms with Crippen LogP contribution in [0.4, 0.5) is 5.82 Å². The van der Waals surface area contributed by atoms with E-state index < -0.39 is 5.91 Å². The largest absolute Gasteiger partial charge is 0.486 e. The second-order valence-corrected chi connectivity index (χ2v) is 6.23. The summed E-state index contributed by atoms with van der Waals surface area (Å²) in [7, 11) is 0. The first-order valence-electron chi connectivity index (χ1n) is 8.57. The van der Waals surface area contributed by atoms with Crippen LogP contribution in [0, 0.1) is 11.3 Å². The summed E-state index contributed by atoms with van der Waals surface area (Å²) >= 11 is 0. The van der Waals surface area contributed by atoms with Gasteiger partial charge in [0.15, 0.2) is 11.5 Å². The van der Waals surface area contributed by atoms with E-state index in [4.69, 9.17) is 20.9 Å². The van der Waals surface area contributed by atoms with E-state index in [1.165, 1.54) is 0 Å². The zero-order valence-electron chi connectivity index (χ0n) is 14.8. The van der Waals surface area contributed by atoms with E-state index in [1.54, 1.807) is 30.3 Å². The van der Waals surface area contributed by atoms with Gasteiger partial charge in [-0.15, -0.1) is 0 Å². The average molecular weight is 372 g/mol. The Bertz CT molecular complexity index is 1120. The number of nitriles is 1. The standard InChI is InChI=1S/C21H16N4O3/c22-11-16-15(12-1-3-13(4-2-12)21(24)26)10-17(25-20(16)23)14-5-6-18-19(9-14)28-8-7-27-18/h1-6,9-10H,7-8H2,(H2,23,25)(H2,24,26). The lowest BCUT2D eigenvalue weighted by molar-refractivity contribution is 0.100. The van der Waals surface area contributed by atoms with Crippen molar-refractivity contribution in [2.45, 2.75) is 0 Å². The molecule has 1 aliphatic heterocycles. The van der Waals surface area contributed by atoms with Crippen LogP contribution in [-0.2, 0) is 0 Å². The predicted molar refractivity (Wildman–Crippen MR) is 104 cm³/mol. The Morgan fingerprint density at radius 2 is 1.68 bits per heavy atom. The van der Waals surface area contributed by atoms with Gasteiger partial charge in [-0.1, -0.05) is 12.1 Å². The summed E-state index contributed by atoms with van der Waals surface area (Å²) in [5.74, 6) is 0.932. The number of fused-ring (bicyclic) bond motifs is 1. The Kier molecular flexibility index (Phi) is 4.30. The Balaban J connectivity index is 1.82. The quantitative estimate of drug-likeness (QED) is 0.728. The van der Waals surface area contributed by atoms with E-state index in [0.717, 1.165) is 11.1 Å². The lowest BCUT2D eigenvalue weighted by Gasteiger charge is -2.19. The summed E-state index contributed by atoms with van der Waals surface area (Å²) in [5, 5.41) is 9.54. The molecule has 2 heterocycles. The van der Waals surface area contributed by atoms with Crippen molar-refractivity contribution in [1.82, 2.24) is 4.98 Å². The molecule has 0 fully saturated rings. The summed E-state index contributed by atoms with van der Waals surface area (Å²) in [4.78, 5) is 15.7. The van der Waals surface area contributed by atoms with Gasteiger partial charge in [0, 0.05) is 16.7 Å². The van der Waals surface area contributed by atoms with Crippen LogP contribution in [0.1, 0.15) is 15.9 Å². The van der Waals surface area contributed by atoms with Crippen LogP contribution < -0.4 is 20.9 Å². The number of nitrogens with zero attached hydrogens (tertiary/aromatic N) is 2. The Morgan fingerprint density at radius 1 is 1.00 bits per heavy atom. The molecule has 7 heteroatoms. The van der Waals surface area contributed by atoms with Gasteiger partial charge in [0.2, 0.25) is 5.91 Å². The molecule has 0 unspecified atom stereocenters. The van der Waals surface area contributed by atoms with Gasteiger partial charge in [0.1, 0.15) is 30.7 Å². The number of carbonyl (C=O) groups excluding carboxylic acids is 1. The van der Waals surface area contributed by atoms with Crippen molar-refractivity contribution in [2.75, 3.05) is 18.9 Å². The van der Waals surface area contributed by atoms with Gasteiger partial charge in [-0.25, -0.2) is 4.98 Å². The maximum Gasteiger partial charge on any atom is 0.248 e. The lowest BCUT2D eigenvalue weighted by Crippen LogP contribution is -2.15. The molecule has 0 aliphatic carbocycles. The van der Waals surface area contributed by atoms with Crippen molar-refractivity contribution >= 4 is 11.7 Å². The summed E-state index contributed by atoms with van der Waals surface area (Å²) < 4.78 is 11.2. The number of carbonyl (C=O) groups is 1. The van der Waals surface area contributed by atoms with Gasteiger partial charge in [-0.05, 0) is 42.0 Å². The molecule has 0 atom stereocenters. The molecule has 4 N–H and O–H groups in total. The fourth-order valence-electron chi connectivity index (χ4n) is 3.07. The zero-order chi connectivity index (χ0) is 19.7. The molecule has 7 nitrogen and oxygen atoms in total. The van der Waals surface area contributed by atoms with E-state index in [1.807, 2.05) is 18.2 Å². The van der Waals surface area contributed by atoms with Crippen LogP contribution in [0.2, 0.25) is 0 Å². The maximum atomic E-state index is 11.3. The number of hydrogen-bond acceptors (Lipinski definition) is 6. The van der Waals surface area contributed by atoms with Gasteiger partial charge >= 0.3 is 0 Å². The summed E-state index contributed by atoms with van der Waals surface area (Å²) in [6, 6.07) is 16.1. The number of hydrogen-bond donors (Lipinski definition) is 2. The minimum Gasteiger partial charge on any atom is -0.486 e. The molecular weight excluding hydrogens is 356 g/mol. The Hall–Kier alpha value is -4.05. The highest BCUT2D eigenvalue weighted by Crippen LogP contribution is 2.36. The molecule has 0 saturated heterocycles. The molecule has 1 aromatic heterocycles. The number of anilines is 1. The minimum atomic E-state index is -0.515. The molecule has 1 amide bonds. The summed E-state index contributed by atoms with van der Waals surface area (Å²) in [6.07, 6.45) is 0. The van der Waals surface area contributed by atoms with Crippen LogP contribution in [0.5, 0.6) is 11.5 Å². The van der Waals surface area contributed by atoms with Gasteiger partial charge < -0.3 is 20.9 Å². The molecule has 28 heavy (non-hydrogen) atoms. The van der Waals surface area contributed by atoms with Crippen molar-refractivity contribution in [3.63, 3.8) is 0 Å². The molecule has 1 aliphatic rings. The second kappa shape index (κ2) is 6.93. The smallest absolute Gasteiger partial charge is 0.248 e. The van der Waals surface area contributed by atoms with E-state index in [0.29, 0.717) is 41.5 Å². The first-order chi connectivity index (χ1) is 13.6. The Labute approximate surface area is 161 Å². The highest BCUT2D eigenvalue weighted by molar-refractivity contribution is 5.93. The molecule has 4 rings (SSSR count). The van der Waals surface area contributed by atoms with Crippen LogP contribution in [0.25, 0.3) is 22.4 Å². The molecule has 0 bridgehead atoms. The van der Waals surface area contributed by atoms with E-state index in [9.17, 15) is 10.1 Å². The first-order valence-corrected chi connectivity index (χ1v) is 8.57. The average Bonchev–Trinajstić information content (AvgIpc) is 2.73. The molecule has 138 valence electrons. The molecule has 0 radical (unpaired) electrons. The van der Waals surface area contributed by atoms with Gasteiger partial charge in [-0.3, -0.25) is 4.79 Å². The number of pyridine rings is 1. The van der Waals surface area contributed by atoms with Crippen molar-refractivity contribution in [1.29, 1.82) is 5.26 Å². The minimum absolute atomic E-state index is 0.129. The van der Waals surface area contributed by atoms with Crippen LogP contribution in [-0.4, -0.2) is 24.1 Å². The molecule has 2 aromatic carbocycles. The molecular formula is C21H16N4O3. The van der Waals surface area contributed by atoms with Gasteiger partial charge in [0.05, 0.1) is 5.69 Å². The third-order valence-electron chi connectivity index (χ3n) is 4.48. The molecule has 0 spiro atoms. The number of nitrogen functional groups attached to an aromatic ring is 1. The number of primary amides is 1. The monoisotopic (exact) mass is 372 g/mol. The van der Waals surface area contributed by atoms with Crippen molar-refractivity contribution < 1.29 is 14.3 Å². The van der Waals surface area contributed by atoms with Crippen LogP contribution in [0.15, 0.2) is 48.5 Å². The van der Waals surface area contributed by atoms with Gasteiger partial charge in [-0.2, -0.15) is 5.26 Å². The van der Waals surface area contributed by atoms with Crippen LogP contribution in [0.3, 0.4) is 0 Å². The van der Waals surface area contributed by atoms with E-state index in [2.05, 4.69) is 11.1 Å². The van der Waals surface area contributed by atoms with Crippen molar-refractivity contribution in [3.05, 3.63) is 59.7 Å². The SMILES string of the molecule is N#Cc1c(-c2ccc(C(N)=O)cc2)cc(-c2ccc3c(c2)OCCO3)nc1N. The summed E-state index contributed by atoms with van der Waals surface area (Å²) in [5.41, 5.74) is 14.8. The zero-order valence-corrected chi connectivity index (χ0v) is 14.8. The Morgan fingerprint density at radius 3 is 2.36 bits per heavy atom. The van der Waals surface area contributed by atoms with Crippen molar-refractivity contribution in [3.8, 4) is 40.0 Å². The lowest BCUT2D eigenvalue weighted by atomic mass is 9.97. The third kappa shape index (κ3) is 3.08. The predicted octanol–water partition coefficient (Wildman–Crippen LogP) is 2.74. The van der Waals surface area contributed by atoms with Crippen LogP contribution >= 0.6 is 0 Å². The number of aromatic nitrogens is 1. The number of rotatable bonds is 3. The number of amides is 1. The van der Waals surface area contributed by atoms with E-state index >= 15 is 0 Å². The van der Waals surface area contributed by atoms with Crippen molar-refractivity contribution in [2.24, 2.45) is 5.73 Å². The number of ether oxygens (including phenoxy) is 2. The summed E-state index contributed by atoms with van der Waals surface area (Å²) in [6.45, 7) is 0.997. The third-order valence-corrected chi connectivity index (χ3v) is 4.48. The highest BCUT2D eigenvalue weighted by Gasteiger charge is 2.17. The topological polar surface area (TPSA) is 124 Å².